The van der Waals surface area contributed by atoms with Gasteiger partial charge in [0.15, 0.2) is 0 Å². The Kier molecular flexibility index (Phi) is 15.7. The molecule has 2 unspecified atom stereocenters. The number of hydrogen-bond acceptors (Lipinski definition) is 15. The maximum absolute atomic E-state index is 14.9. The highest BCUT2D eigenvalue weighted by molar-refractivity contribution is 6.19. The van der Waals surface area contributed by atoms with Crippen LogP contribution in [0, 0.1) is 11.3 Å². The fourth-order valence-electron chi connectivity index (χ4n) is 13.6. The molecule has 0 bridgehead atoms. The number of nitriles is 1. The van der Waals surface area contributed by atoms with Gasteiger partial charge in [-0.05, 0) is 117 Å². The van der Waals surface area contributed by atoms with E-state index in [-0.39, 0.29) is 30.9 Å². The first-order valence-corrected chi connectivity index (χ1v) is 29.1. The van der Waals surface area contributed by atoms with Crippen molar-refractivity contribution in [3.63, 3.8) is 0 Å². The van der Waals surface area contributed by atoms with Gasteiger partial charge in [0.25, 0.3) is 5.91 Å². The Balaban J connectivity index is 0.756. The number of carbonyl (C=O) groups excluding carboxylic acids is 2. The zero-order valence-electron chi connectivity index (χ0n) is 46.4. The highest BCUT2D eigenvalue weighted by atomic mass is 16.5. The number of aromatic nitrogens is 4. The zero-order chi connectivity index (χ0) is 54.7. The number of amides is 2. The van der Waals surface area contributed by atoms with Crippen LogP contribution >= 0.6 is 0 Å². The summed E-state index contributed by atoms with van der Waals surface area (Å²) >= 11 is 0. The van der Waals surface area contributed by atoms with Crippen LogP contribution in [-0.4, -0.2) is 162 Å². The molecule has 7 aliphatic rings. The van der Waals surface area contributed by atoms with E-state index in [1.54, 1.807) is 7.11 Å². The lowest BCUT2D eigenvalue weighted by atomic mass is 9.88. The molecule has 7 heterocycles. The van der Waals surface area contributed by atoms with Crippen LogP contribution in [0.4, 0.5) is 17.3 Å². The average Bonchev–Trinajstić information content (AvgIpc) is 4.29. The largest absolute Gasteiger partial charge is 0.497 e. The van der Waals surface area contributed by atoms with Gasteiger partial charge in [0.05, 0.1) is 37.0 Å². The van der Waals surface area contributed by atoms with Gasteiger partial charge in [0.2, 0.25) is 5.91 Å². The second kappa shape index (κ2) is 23.7. The number of anilines is 3. The molecule has 2 aliphatic carbocycles. The van der Waals surface area contributed by atoms with E-state index in [2.05, 4.69) is 86.2 Å². The summed E-state index contributed by atoms with van der Waals surface area (Å²) in [7, 11) is 1.72. The predicted octanol–water partition coefficient (Wildman–Crippen LogP) is 6.64. The molecule has 3 aromatic carbocycles. The van der Waals surface area contributed by atoms with Crippen molar-refractivity contribution in [1.29, 1.82) is 5.26 Å². The summed E-state index contributed by atoms with van der Waals surface area (Å²) in [5, 5.41) is 10.3. The zero-order valence-corrected chi connectivity index (χ0v) is 46.4. The van der Waals surface area contributed by atoms with Crippen molar-refractivity contribution in [3.8, 4) is 23.8 Å². The second-order valence-electron chi connectivity index (χ2n) is 22.5. The Labute approximate surface area is 470 Å². The summed E-state index contributed by atoms with van der Waals surface area (Å²) in [5.41, 5.74) is 11.5. The van der Waals surface area contributed by atoms with E-state index >= 15 is 0 Å². The number of rotatable bonds is 16. The molecule has 0 spiro atoms. The van der Waals surface area contributed by atoms with Crippen molar-refractivity contribution >= 4 is 34.7 Å². The van der Waals surface area contributed by atoms with Crippen LogP contribution in [0.3, 0.4) is 0 Å². The first-order valence-electron chi connectivity index (χ1n) is 29.1. The Morgan fingerprint density at radius 1 is 0.738 bits per heavy atom. The molecule has 3 atom stereocenters. The lowest BCUT2D eigenvalue weighted by Crippen LogP contribution is -2.56. The highest BCUT2D eigenvalue weighted by Crippen LogP contribution is 2.39. The molecular weight excluding hydrogens is 1000 g/mol. The molecule has 2 aromatic heterocycles. The number of nitrogens with zero attached hydrogens (tertiary/aromatic N) is 12. The number of hydrogen-bond donors (Lipinski definition) is 0. The van der Waals surface area contributed by atoms with Crippen molar-refractivity contribution in [1.82, 2.24) is 39.5 Å². The van der Waals surface area contributed by atoms with E-state index < -0.39 is 6.04 Å². The summed E-state index contributed by atoms with van der Waals surface area (Å²) in [4.78, 5) is 63.8. The molecule has 3 fully saturated rings. The van der Waals surface area contributed by atoms with Crippen LogP contribution in [0.25, 0.3) is 5.57 Å². The molecule has 17 heteroatoms. The number of carbonyl (C=O) groups is 2. The van der Waals surface area contributed by atoms with Crippen LogP contribution in [0.2, 0.25) is 0 Å². The average molecular weight is 1080 g/mol. The number of ether oxygens (including phenoxy) is 3. The summed E-state index contributed by atoms with van der Waals surface area (Å²) < 4.78 is 18.6. The molecule has 5 aromatic rings. The fraction of sp³-hybridized carbons (Fsp3) is 0.476. The van der Waals surface area contributed by atoms with Crippen molar-refractivity contribution in [2.45, 2.75) is 102 Å². The first kappa shape index (κ1) is 53.1. The van der Waals surface area contributed by atoms with E-state index in [1.807, 2.05) is 34.1 Å². The van der Waals surface area contributed by atoms with Gasteiger partial charge in [0.1, 0.15) is 30.6 Å². The van der Waals surface area contributed by atoms with Gasteiger partial charge in [0, 0.05) is 119 Å². The maximum Gasteiger partial charge on any atom is 0.318 e. The Morgan fingerprint density at radius 2 is 1.44 bits per heavy atom. The molecule has 0 saturated carbocycles. The van der Waals surface area contributed by atoms with Crippen LogP contribution in [0.1, 0.15) is 82.4 Å². The number of para-hydroxylation sites is 1. The van der Waals surface area contributed by atoms with Crippen molar-refractivity contribution < 1.29 is 23.8 Å². The van der Waals surface area contributed by atoms with Gasteiger partial charge in [-0.25, -0.2) is 0 Å². The van der Waals surface area contributed by atoms with Crippen molar-refractivity contribution in [2.24, 2.45) is 0 Å². The number of likely N-dealkylation sites (tertiary alicyclic amines) is 1. The summed E-state index contributed by atoms with van der Waals surface area (Å²) in [6.07, 6.45) is 11.2. The Bertz CT molecular complexity index is 3180. The monoisotopic (exact) mass is 1080 g/mol. The third-order valence-electron chi connectivity index (χ3n) is 18.0. The molecule has 17 nitrogen and oxygen atoms in total. The van der Waals surface area contributed by atoms with Gasteiger partial charge < -0.3 is 38.7 Å². The van der Waals surface area contributed by atoms with Gasteiger partial charge in [-0.2, -0.15) is 25.2 Å². The molecule has 0 N–H and O–H groups in total. The molecule has 80 heavy (non-hydrogen) atoms. The molecule has 12 rings (SSSR count). The smallest absolute Gasteiger partial charge is 0.318 e. The first-order chi connectivity index (χ1) is 39.2. The van der Waals surface area contributed by atoms with Crippen molar-refractivity contribution in [3.05, 3.63) is 136 Å². The normalized spacial score (nSPS) is 21.0. The Morgan fingerprint density at radius 3 is 2.21 bits per heavy atom. The van der Waals surface area contributed by atoms with E-state index in [0.717, 1.165) is 136 Å². The quantitative estimate of drug-likeness (QED) is 0.0967. The summed E-state index contributed by atoms with van der Waals surface area (Å²) in [6.45, 7) is 18.4. The highest BCUT2D eigenvalue weighted by Gasteiger charge is 2.38. The maximum atomic E-state index is 14.9. The number of benzene rings is 3. The lowest BCUT2D eigenvalue weighted by Gasteiger charge is -2.43. The van der Waals surface area contributed by atoms with E-state index in [1.165, 1.54) is 41.3 Å². The lowest BCUT2D eigenvalue weighted by molar-refractivity contribution is -0.127. The molecule has 2 amide bonds. The fourth-order valence-corrected chi connectivity index (χ4v) is 13.6. The van der Waals surface area contributed by atoms with Crippen molar-refractivity contribution in [2.75, 3.05) is 107 Å². The predicted molar refractivity (Wildman–Crippen MR) is 308 cm³/mol. The summed E-state index contributed by atoms with van der Waals surface area (Å²) in [6, 6.07) is 26.2. The van der Waals surface area contributed by atoms with E-state index in [9.17, 15) is 14.9 Å². The Hall–Kier alpha value is -7.55. The molecule has 416 valence electrons. The van der Waals surface area contributed by atoms with Gasteiger partial charge in [-0.15, -0.1) is 0 Å². The van der Waals surface area contributed by atoms with Crippen LogP contribution in [-0.2, 0) is 61.3 Å². The second-order valence-corrected chi connectivity index (χ2v) is 22.5. The molecular formula is C63H74N12O5. The molecule has 3 saturated heterocycles. The number of fused-ring (bicyclic) bond motifs is 4. The third kappa shape index (κ3) is 11.0. The third-order valence-corrected chi connectivity index (χ3v) is 18.0. The van der Waals surface area contributed by atoms with Gasteiger partial charge in [-0.3, -0.25) is 19.4 Å². The number of piperazine rings is 2. The van der Waals surface area contributed by atoms with Crippen LogP contribution in [0.5, 0.6) is 17.8 Å². The number of methoxy groups -OCH3 is 1. The SMILES string of the molecule is C=CC(=O)N1CCN(c2nc(OCc3ccccc3C(=C)C(=O)N3CCN(c4nc(OCCN5CCCC5)nc5c4CCC(N4CCc6cc(OC)ccc6C4)C5)C[C@@H]3CC#N)nc3c2CCC(N2CCc4ccccc42)C3)CC1. The molecule has 0 radical (unpaired) electrons. The minimum absolute atomic E-state index is 0.0615. The minimum Gasteiger partial charge on any atom is -0.497 e. The van der Waals surface area contributed by atoms with Gasteiger partial charge in [-0.1, -0.05) is 61.7 Å². The topological polar surface area (TPSA) is 160 Å². The van der Waals surface area contributed by atoms with E-state index in [4.69, 9.17) is 34.1 Å². The minimum atomic E-state index is -0.410. The molecule has 5 aliphatic heterocycles. The van der Waals surface area contributed by atoms with Crippen LogP contribution < -0.4 is 28.9 Å². The standard InChI is InChI=1S/C63H74N12O5/c1-4-58(76)70-29-31-71(32-30-70)59-53-20-17-49(74-28-23-44-11-6-8-14-57(44)74)39-56(53)66-63(67-59)80-42-47-12-5-7-13-52(47)43(2)61(77)75-34-33-73(41-50(75)21-24-64)60-54-19-16-48(72-27-22-45-37-51(78-3)18-15-46(45)40-72)38-55(54)65-62(68-60)79-36-35-69-25-9-10-26-69/h4-8,11-15,18,37,48-50H,1-2,9-10,16-17,19-23,25-36,38-42H2,3H3/t48?,49?,50-/m0/s1. The van der Waals surface area contributed by atoms with E-state index in [0.29, 0.717) is 81.7 Å². The van der Waals surface area contributed by atoms with Crippen LogP contribution in [0.15, 0.2) is 86.0 Å². The summed E-state index contributed by atoms with van der Waals surface area (Å²) in [5.74, 6) is 2.35. The van der Waals surface area contributed by atoms with Gasteiger partial charge >= 0.3 is 12.0 Å².